The minimum Gasteiger partial charge on any atom is -0.326 e. The van der Waals surface area contributed by atoms with Gasteiger partial charge in [-0.1, -0.05) is 74.5 Å². The number of rotatable bonds is 8. The summed E-state index contributed by atoms with van der Waals surface area (Å²) in [7, 11) is 0. The van der Waals surface area contributed by atoms with E-state index >= 15 is 0 Å². The van der Waals surface area contributed by atoms with Crippen LogP contribution < -0.4 is 10.6 Å². The molecule has 3 rings (SSSR count). The van der Waals surface area contributed by atoms with Crippen LogP contribution >= 0.6 is 0 Å². The van der Waals surface area contributed by atoms with E-state index in [9.17, 15) is 9.59 Å². The molecule has 0 heterocycles. The largest absolute Gasteiger partial charge is 0.326 e. The lowest BCUT2D eigenvalue weighted by Gasteiger charge is -2.17. The maximum absolute atomic E-state index is 12.7. The SMILES string of the molecule is CCC(C(=O)Nc1ccc(NC(=O)C(CC)c2ccccc2)cc1)c1ccccc1. The Labute approximate surface area is 178 Å². The fourth-order valence-electron chi connectivity index (χ4n) is 3.61. The van der Waals surface area contributed by atoms with Gasteiger partial charge in [-0.15, -0.1) is 0 Å². The van der Waals surface area contributed by atoms with Crippen LogP contribution in [0.4, 0.5) is 11.4 Å². The number of hydrogen-bond acceptors (Lipinski definition) is 2. The van der Waals surface area contributed by atoms with Crippen molar-refractivity contribution in [2.45, 2.75) is 38.5 Å². The van der Waals surface area contributed by atoms with E-state index in [1.165, 1.54) is 0 Å². The summed E-state index contributed by atoms with van der Waals surface area (Å²) in [6, 6.07) is 26.8. The topological polar surface area (TPSA) is 58.2 Å². The van der Waals surface area contributed by atoms with E-state index in [0.717, 1.165) is 24.0 Å². The molecule has 4 nitrogen and oxygen atoms in total. The van der Waals surface area contributed by atoms with Crippen LogP contribution in [-0.2, 0) is 9.59 Å². The highest BCUT2D eigenvalue weighted by Crippen LogP contribution is 2.24. The van der Waals surface area contributed by atoms with Gasteiger partial charge in [-0.3, -0.25) is 9.59 Å². The first-order valence-electron chi connectivity index (χ1n) is 10.4. The van der Waals surface area contributed by atoms with Crippen LogP contribution in [0.15, 0.2) is 84.9 Å². The lowest BCUT2D eigenvalue weighted by molar-refractivity contribution is -0.118. The van der Waals surface area contributed by atoms with Gasteiger partial charge in [0.1, 0.15) is 0 Å². The molecule has 4 heteroatoms. The molecule has 0 radical (unpaired) electrons. The highest BCUT2D eigenvalue weighted by Gasteiger charge is 2.20. The van der Waals surface area contributed by atoms with E-state index < -0.39 is 0 Å². The second-order valence-corrected chi connectivity index (χ2v) is 7.30. The Kier molecular flexibility index (Phi) is 7.39. The molecule has 0 aromatic heterocycles. The minimum absolute atomic E-state index is 0.0318. The molecule has 0 fully saturated rings. The third kappa shape index (κ3) is 5.35. The van der Waals surface area contributed by atoms with Gasteiger partial charge in [0.05, 0.1) is 11.8 Å². The average Bonchev–Trinajstić information content (AvgIpc) is 2.78. The molecule has 30 heavy (non-hydrogen) atoms. The molecule has 0 aliphatic carbocycles. The van der Waals surface area contributed by atoms with Crippen molar-refractivity contribution in [2.75, 3.05) is 10.6 Å². The zero-order chi connectivity index (χ0) is 21.3. The molecule has 0 aliphatic rings. The van der Waals surface area contributed by atoms with Crippen molar-refractivity contribution in [3.8, 4) is 0 Å². The predicted molar refractivity (Wildman–Crippen MR) is 123 cm³/mol. The smallest absolute Gasteiger partial charge is 0.231 e. The second-order valence-electron chi connectivity index (χ2n) is 7.30. The van der Waals surface area contributed by atoms with Crippen molar-refractivity contribution in [3.05, 3.63) is 96.1 Å². The van der Waals surface area contributed by atoms with Gasteiger partial charge in [0.15, 0.2) is 0 Å². The molecular weight excluding hydrogens is 372 g/mol. The fourth-order valence-corrected chi connectivity index (χ4v) is 3.61. The molecule has 2 unspecified atom stereocenters. The van der Waals surface area contributed by atoms with Crippen LogP contribution in [0.1, 0.15) is 49.7 Å². The van der Waals surface area contributed by atoms with E-state index in [1.54, 1.807) is 0 Å². The lowest BCUT2D eigenvalue weighted by Crippen LogP contribution is -2.21. The third-order valence-electron chi connectivity index (χ3n) is 5.27. The molecule has 3 aromatic carbocycles. The molecule has 3 aromatic rings. The summed E-state index contributed by atoms with van der Waals surface area (Å²) in [6.45, 7) is 4.01. The quantitative estimate of drug-likeness (QED) is 0.491. The Morgan fingerprint density at radius 2 is 0.933 bits per heavy atom. The zero-order valence-corrected chi connectivity index (χ0v) is 17.5. The van der Waals surface area contributed by atoms with Gasteiger partial charge in [-0.25, -0.2) is 0 Å². The van der Waals surface area contributed by atoms with Crippen LogP contribution in [0.25, 0.3) is 0 Å². The van der Waals surface area contributed by atoms with E-state index in [2.05, 4.69) is 10.6 Å². The van der Waals surface area contributed by atoms with Gasteiger partial charge in [-0.2, -0.15) is 0 Å². The van der Waals surface area contributed by atoms with Crippen molar-refractivity contribution < 1.29 is 9.59 Å². The van der Waals surface area contributed by atoms with Crippen molar-refractivity contribution in [1.29, 1.82) is 0 Å². The summed E-state index contributed by atoms with van der Waals surface area (Å²) >= 11 is 0. The van der Waals surface area contributed by atoms with Crippen molar-refractivity contribution in [2.24, 2.45) is 0 Å². The Balaban J connectivity index is 1.63. The first kappa shape index (κ1) is 21.3. The standard InChI is InChI=1S/C26H28N2O2/c1-3-23(19-11-7-5-8-12-19)25(29)27-21-15-17-22(18-16-21)28-26(30)24(4-2)20-13-9-6-10-14-20/h5-18,23-24H,3-4H2,1-2H3,(H,27,29)(H,28,30). The molecule has 0 saturated carbocycles. The molecular formula is C26H28N2O2. The highest BCUT2D eigenvalue weighted by molar-refractivity contribution is 5.97. The van der Waals surface area contributed by atoms with Crippen molar-refractivity contribution in [3.63, 3.8) is 0 Å². The molecule has 2 amide bonds. The number of anilines is 2. The van der Waals surface area contributed by atoms with Crippen molar-refractivity contribution in [1.82, 2.24) is 0 Å². The van der Waals surface area contributed by atoms with Crippen LogP contribution in [0.2, 0.25) is 0 Å². The summed E-state index contributed by atoms with van der Waals surface area (Å²) in [5.41, 5.74) is 3.44. The van der Waals surface area contributed by atoms with Gasteiger partial charge >= 0.3 is 0 Å². The number of benzene rings is 3. The normalized spacial score (nSPS) is 12.6. The Morgan fingerprint density at radius 3 is 1.23 bits per heavy atom. The molecule has 0 spiro atoms. The van der Waals surface area contributed by atoms with Crippen LogP contribution in [0.3, 0.4) is 0 Å². The number of hydrogen-bond donors (Lipinski definition) is 2. The summed E-state index contributed by atoms with van der Waals surface area (Å²) in [4.78, 5) is 25.4. The maximum atomic E-state index is 12.7. The Bertz CT molecular complexity index is 873. The molecule has 0 saturated heterocycles. The molecule has 0 bridgehead atoms. The Morgan fingerprint density at radius 1 is 0.600 bits per heavy atom. The number of nitrogens with one attached hydrogen (secondary N) is 2. The number of amides is 2. The average molecular weight is 401 g/mol. The van der Waals surface area contributed by atoms with Gasteiger partial charge < -0.3 is 10.6 Å². The van der Waals surface area contributed by atoms with Crippen LogP contribution in [0, 0.1) is 0 Å². The summed E-state index contributed by atoms with van der Waals surface area (Å²) in [5, 5.41) is 5.96. The van der Waals surface area contributed by atoms with E-state index in [4.69, 9.17) is 0 Å². The van der Waals surface area contributed by atoms with Crippen molar-refractivity contribution >= 4 is 23.2 Å². The highest BCUT2D eigenvalue weighted by atomic mass is 16.2. The van der Waals surface area contributed by atoms with Gasteiger partial charge in [0.25, 0.3) is 0 Å². The fraction of sp³-hybridized carbons (Fsp3) is 0.231. The second kappa shape index (κ2) is 10.4. The molecule has 2 N–H and O–H groups in total. The minimum atomic E-state index is -0.193. The zero-order valence-electron chi connectivity index (χ0n) is 17.5. The van der Waals surface area contributed by atoms with Crippen LogP contribution in [0.5, 0.6) is 0 Å². The van der Waals surface area contributed by atoms with E-state index in [0.29, 0.717) is 11.4 Å². The predicted octanol–water partition coefficient (Wildman–Crippen LogP) is 5.95. The first-order chi connectivity index (χ1) is 14.6. The maximum Gasteiger partial charge on any atom is 0.231 e. The van der Waals surface area contributed by atoms with Gasteiger partial charge in [-0.05, 0) is 48.2 Å². The first-order valence-corrected chi connectivity index (χ1v) is 10.4. The summed E-state index contributed by atoms with van der Waals surface area (Å²) in [5.74, 6) is -0.449. The molecule has 2 atom stereocenters. The van der Waals surface area contributed by atoms with Gasteiger partial charge in [0, 0.05) is 11.4 Å². The molecule has 0 aliphatic heterocycles. The van der Waals surface area contributed by atoms with E-state index in [-0.39, 0.29) is 23.7 Å². The van der Waals surface area contributed by atoms with Crippen LogP contribution in [-0.4, -0.2) is 11.8 Å². The summed E-state index contributed by atoms with van der Waals surface area (Å²) in [6.07, 6.45) is 1.45. The van der Waals surface area contributed by atoms with E-state index in [1.807, 2.05) is 98.8 Å². The molecule has 154 valence electrons. The third-order valence-corrected chi connectivity index (χ3v) is 5.27. The van der Waals surface area contributed by atoms with Gasteiger partial charge in [0.2, 0.25) is 11.8 Å². The number of carbonyl (C=O) groups excluding carboxylic acids is 2. The number of carbonyl (C=O) groups is 2. The summed E-state index contributed by atoms with van der Waals surface area (Å²) < 4.78 is 0. The monoisotopic (exact) mass is 400 g/mol. The lowest BCUT2D eigenvalue weighted by atomic mass is 9.95. The Hall–Kier alpha value is -3.40.